The molecule has 0 bridgehead atoms. The molecule has 8 nitrogen and oxygen atoms in total. The molecule has 0 spiro atoms. The topological polar surface area (TPSA) is 102 Å². The minimum absolute atomic E-state index is 0.165. The summed E-state index contributed by atoms with van der Waals surface area (Å²) in [7, 11) is -1.52. The van der Waals surface area contributed by atoms with Crippen molar-refractivity contribution in [1.29, 1.82) is 0 Å². The van der Waals surface area contributed by atoms with Crippen molar-refractivity contribution in [2.45, 2.75) is 44.6 Å². The van der Waals surface area contributed by atoms with Crippen LogP contribution in [-0.2, 0) is 29.9 Å². The monoisotopic (exact) mass is 412 g/mol. The smallest absolute Gasteiger partial charge is 0.240 e. The number of imidazole rings is 1. The van der Waals surface area contributed by atoms with Crippen LogP contribution in [0.2, 0.25) is 0 Å². The van der Waals surface area contributed by atoms with Gasteiger partial charge in [-0.05, 0) is 63.4 Å². The number of nitrogens with one attached hydrogen (secondary N) is 2. The first-order valence-electron chi connectivity index (χ1n) is 9.52. The number of hydrogen-bond acceptors (Lipinski definition) is 6. The molecule has 0 fully saturated rings. The van der Waals surface area contributed by atoms with Gasteiger partial charge in [0.15, 0.2) is 0 Å². The Morgan fingerprint density at radius 2 is 1.83 bits per heavy atom. The number of benzene rings is 1. The fraction of sp³-hybridized carbons (Fsp3) is 0.350. The third-order valence-electron chi connectivity index (χ3n) is 4.92. The van der Waals surface area contributed by atoms with Gasteiger partial charge in [0, 0.05) is 25.0 Å². The highest BCUT2D eigenvalue weighted by Crippen LogP contribution is 2.32. The third-order valence-corrected chi connectivity index (χ3v) is 6.60. The molecule has 1 aliphatic rings. The zero-order valence-electron chi connectivity index (χ0n) is 16.9. The number of aryl methyl sites for hydroxylation is 3. The molecule has 0 amide bonds. The molecule has 152 valence electrons. The lowest BCUT2D eigenvalue weighted by Gasteiger charge is -2.17. The number of sulfonamides is 1. The summed E-state index contributed by atoms with van der Waals surface area (Å²) in [4.78, 5) is 14.0. The second-order valence-corrected chi connectivity index (χ2v) is 9.22. The van der Waals surface area contributed by atoms with E-state index in [4.69, 9.17) is 4.98 Å². The number of fused-ring (bicyclic) bond motifs is 3. The van der Waals surface area contributed by atoms with E-state index in [0.717, 1.165) is 41.3 Å². The summed E-state index contributed by atoms with van der Waals surface area (Å²) in [5.74, 6) is 1.43. The first kappa shape index (κ1) is 19.5. The minimum Gasteiger partial charge on any atom is -0.330 e. The highest BCUT2D eigenvalue weighted by molar-refractivity contribution is 7.89. The SMILES string of the molecule is Cc1nc2c(n1C)-c1nc(Nc3ccc(S(=O)(=O)NC(C)C)cc3)ncc1CC2. The average Bonchev–Trinajstić information content (AvgIpc) is 2.95. The van der Waals surface area contributed by atoms with Crippen molar-refractivity contribution in [2.75, 3.05) is 5.32 Å². The molecular weight excluding hydrogens is 388 g/mol. The van der Waals surface area contributed by atoms with Crippen LogP contribution in [0, 0.1) is 6.92 Å². The largest absolute Gasteiger partial charge is 0.330 e. The van der Waals surface area contributed by atoms with E-state index in [1.807, 2.05) is 20.2 Å². The number of hydrogen-bond donors (Lipinski definition) is 2. The van der Waals surface area contributed by atoms with Gasteiger partial charge < -0.3 is 9.88 Å². The van der Waals surface area contributed by atoms with Crippen LogP contribution in [0.3, 0.4) is 0 Å². The summed E-state index contributed by atoms with van der Waals surface area (Å²) in [5.41, 5.74) is 4.81. The van der Waals surface area contributed by atoms with Gasteiger partial charge in [0.1, 0.15) is 5.82 Å². The van der Waals surface area contributed by atoms with Gasteiger partial charge >= 0.3 is 0 Å². The van der Waals surface area contributed by atoms with Crippen molar-refractivity contribution in [1.82, 2.24) is 24.2 Å². The van der Waals surface area contributed by atoms with Gasteiger partial charge in [-0.15, -0.1) is 0 Å². The number of rotatable bonds is 5. The van der Waals surface area contributed by atoms with Gasteiger partial charge in [0.25, 0.3) is 0 Å². The molecule has 9 heteroatoms. The van der Waals surface area contributed by atoms with Gasteiger partial charge in [-0.3, -0.25) is 0 Å². The van der Waals surface area contributed by atoms with E-state index in [-0.39, 0.29) is 10.9 Å². The first-order chi connectivity index (χ1) is 13.7. The highest BCUT2D eigenvalue weighted by atomic mass is 32.2. The van der Waals surface area contributed by atoms with E-state index in [2.05, 4.69) is 24.6 Å². The number of aromatic nitrogens is 4. The van der Waals surface area contributed by atoms with Crippen molar-refractivity contribution in [3.05, 3.63) is 47.5 Å². The molecule has 1 aromatic carbocycles. The molecule has 29 heavy (non-hydrogen) atoms. The Morgan fingerprint density at radius 1 is 1.10 bits per heavy atom. The molecule has 3 aromatic rings. The Kier molecular flexibility index (Phi) is 4.87. The van der Waals surface area contributed by atoms with E-state index in [0.29, 0.717) is 11.6 Å². The van der Waals surface area contributed by atoms with E-state index in [9.17, 15) is 8.42 Å². The summed E-state index contributed by atoms with van der Waals surface area (Å²) in [6.07, 6.45) is 3.61. The zero-order valence-corrected chi connectivity index (χ0v) is 17.7. The molecule has 0 unspecified atom stereocenters. The minimum atomic E-state index is -3.52. The van der Waals surface area contributed by atoms with Crippen LogP contribution in [0.4, 0.5) is 11.6 Å². The first-order valence-corrected chi connectivity index (χ1v) is 11.0. The summed E-state index contributed by atoms with van der Waals surface area (Å²) in [6.45, 7) is 5.56. The average molecular weight is 413 g/mol. The highest BCUT2D eigenvalue weighted by Gasteiger charge is 2.24. The van der Waals surface area contributed by atoms with Gasteiger partial charge in [-0.1, -0.05) is 0 Å². The summed E-state index contributed by atoms with van der Waals surface area (Å²) in [5, 5.41) is 3.16. The maximum Gasteiger partial charge on any atom is 0.240 e. The molecule has 0 atom stereocenters. The molecule has 4 rings (SSSR count). The lowest BCUT2D eigenvalue weighted by atomic mass is 9.98. The van der Waals surface area contributed by atoms with Crippen LogP contribution in [0.25, 0.3) is 11.4 Å². The lowest BCUT2D eigenvalue weighted by molar-refractivity contribution is 0.570. The standard InChI is InChI=1S/C20H24N6O2S/c1-12(2)25-29(27,28)16-8-6-15(7-9-16)23-20-21-11-14-5-10-17-19(18(14)24-20)26(4)13(3)22-17/h6-9,11-12,25H,5,10H2,1-4H3,(H,21,23,24). The van der Waals surface area contributed by atoms with E-state index < -0.39 is 10.0 Å². The molecule has 0 radical (unpaired) electrons. The van der Waals surface area contributed by atoms with E-state index in [1.165, 1.54) is 0 Å². The van der Waals surface area contributed by atoms with Crippen molar-refractivity contribution < 1.29 is 8.42 Å². The molecule has 0 saturated carbocycles. The van der Waals surface area contributed by atoms with Crippen molar-refractivity contribution in [3.63, 3.8) is 0 Å². The fourth-order valence-corrected chi connectivity index (χ4v) is 4.73. The van der Waals surface area contributed by atoms with Crippen molar-refractivity contribution >= 4 is 21.7 Å². The predicted molar refractivity (Wildman–Crippen MR) is 112 cm³/mol. The Hall–Kier alpha value is -2.78. The molecular formula is C20H24N6O2S. The maximum absolute atomic E-state index is 12.3. The van der Waals surface area contributed by atoms with Crippen LogP contribution in [0.5, 0.6) is 0 Å². The molecule has 0 aliphatic heterocycles. The Bertz CT molecular complexity index is 1170. The van der Waals surface area contributed by atoms with Crippen molar-refractivity contribution in [2.24, 2.45) is 7.05 Å². The second-order valence-electron chi connectivity index (χ2n) is 7.51. The van der Waals surface area contributed by atoms with Gasteiger partial charge in [-0.25, -0.2) is 28.1 Å². The summed E-state index contributed by atoms with van der Waals surface area (Å²) in [6, 6.07) is 6.37. The van der Waals surface area contributed by atoms with Crippen LogP contribution >= 0.6 is 0 Å². The molecule has 0 saturated heterocycles. The maximum atomic E-state index is 12.3. The quantitative estimate of drug-likeness (QED) is 0.668. The fourth-order valence-electron chi connectivity index (χ4n) is 3.48. The molecule has 1 aliphatic carbocycles. The van der Waals surface area contributed by atoms with Crippen molar-refractivity contribution in [3.8, 4) is 11.4 Å². The number of anilines is 2. The second kappa shape index (κ2) is 7.23. The Labute approximate surface area is 170 Å². The molecule has 2 aromatic heterocycles. The van der Waals surface area contributed by atoms with Crippen LogP contribution in [-0.4, -0.2) is 34.0 Å². The summed E-state index contributed by atoms with van der Waals surface area (Å²) < 4.78 is 29.2. The van der Waals surface area contributed by atoms with Crippen LogP contribution < -0.4 is 10.0 Å². The van der Waals surface area contributed by atoms with E-state index >= 15 is 0 Å². The normalized spacial score (nSPS) is 13.3. The lowest BCUT2D eigenvalue weighted by Crippen LogP contribution is -2.30. The van der Waals surface area contributed by atoms with Gasteiger partial charge in [0.2, 0.25) is 16.0 Å². The van der Waals surface area contributed by atoms with E-state index in [1.54, 1.807) is 38.1 Å². The molecule has 2 N–H and O–H groups in total. The van der Waals surface area contributed by atoms with Crippen LogP contribution in [0.15, 0.2) is 35.4 Å². The predicted octanol–water partition coefficient (Wildman–Crippen LogP) is 2.71. The summed E-state index contributed by atoms with van der Waals surface area (Å²) >= 11 is 0. The van der Waals surface area contributed by atoms with Gasteiger partial charge in [0.05, 0.1) is 22.0 Å². The van der Waals surface area contributed by atoms with Crippen LogP contribution in [0.1, 0.15) is 30.9 Å². The van der Waals surface area contributed by atoms with Gasteiger partial charge in [-0.2, -0.15) is 0 Å². The molecule has 2 heterocycles. The number of nitrogens with zero attached hydrogens (tertiary/aromatic N) is 4. The third kappa shape index (κ3) is 3.75. The zero-order chi connectivity index (χ0) is 20.8. The Balaban J connectivity index is 1.60. The Morgan fingerprint density at radius 3 is 2.52 bits per heavy atom.